The molecule has 0 N–H and O–H groups in total. The van der Waals surface area contributed by atoms with Crippen molar-refractivity contribution in [2.45, 2.75) is 39.8 Å². The summed E-state index contributed by atoms with van der Waals surface area (Å²) in [7, 11) is 1.32. The van der Waals surface area contributed by atoms with Crippen LogP contribution in [0.4, 0.5) is 13.2 Å². The molecule has 0 fully saturated rings. The molecule has 2 nitrogen and oxygen atoms in total. The molecule has 98 valence electrons. The van der Waals surface area contributed by atoms with Crippen LogP contribution in [0.5, 0.6) is 0 Å². The molecule has 0 aliphatic heterocycles. The average Bonchev–Trinajstić information content (AvgIpc) is 2.22. The average molecular weight is 249 g/mol. The maximum atomic E-state index is 12.4. The van der Waals surface area contributed by atoms with E-state index in [2.05, 4.69) is 0 Å². The predicted molar refractivity (Wildman–Crippen MR) is 62.1 cm³/mol. The molecular formula is C12H18F3NO. The van der Waals surface area contributed by atoms with Gasteiger partial charge < -0.3 is 4.57 Å². The predicted octanol–water partition coefficient (Wildman–Crippen LogP) is 3.55. The zero-order chi connectivity index (χ0) is 13.8. The van der Waals surface area contributed by atoms with Gasteiger partial charge in [-0.2, -0.15) is 13.2 Å². The molecule has 0 unspecified atom stereocenters. The van der Waals surface area contributed by atoms with E-state index in [9.17, 15) is 18.0 Å². The van der Waals surface area contributed by atoms with Crippen LogP contribution in [0.1, 0.15) is 44.7 Å². The zero-order valence-corrected chi connectivity index (χ0v) is 10.7. The summed E-state index contributed by atoms with van der Waals surface area (Å²) in [5, 5.41) is 0. The normalized spacial score (nSPS) is 11.1. The molecule has 0 aromatic carbocycles. The van der Waals surface area contributed by atoms with Crippen LogP contribution in [-0.4, -0.2) is 4.57 Å². The molecule has 0 aliphatic rings. The van der Waals surface area contributed by atoms with Gasteiger partial charge in [0.15, 0.2) is 0 Å². The topological polar surface area (TPSA) is 22.0 Å². The van der Waals surface area contributed by atoms with Crippen molar-refractivity contribution < 1.29 is 13.2 Å². The van der Waals surface area contributed by atoms with E-state index in [4.69, 9.17) is 0 Å². The van der Waals surface area contributed by atoms with Crippen molar-refractivity contribution in [3.63, 3.8) is 0 Å². The van der Waals surface area contributed by atoms with E-state index in [0.29, 0.717) is 0 Å². The minimum Gasteiger partial charge on any atom is -0.318 e. The van der Waals surface area contributed by atoms with Crippen molar-refractivity contribution in [1.29, 1.82) is 0 Å². The van der Waals surface area contributed by atoms with Gasteiger partial charge in [-0.25, -0.2) is 0 Å². The lowest BCUT2D eigenvalue weighted by molar-refractivity contribution is -0.138. The van der Waals surface area contributed by atoms with Gasteiger partial charge in [0, 0.05) is 18.8 Å². The molecule has 0 saturated heterocycles. The molecule has 1 rings (SSSR count). The van der Waals surface area contributed by atoms with E-state index < -0.39 is 11.7 Å². The second-order valence-corrected chi connectivity index (χ2v) is 3.75. The lowest BCUT2D eigenvalue weighted by atomic mass is 10.0. The Morgan fingerprint density at radius 1 is 1.24 bits per heavy atom. The Bertz CT molecular complexity index is 419. The van der Waals surface area contributed by atoms with Crippen LogP contribution >= 0.6 is 0 Å². The van der Waals surface area contributed by atoms with Crippen LogP contribution in [0.2, 0.25) is 0 Å². The van der Waals surface area contributed by atoms with Crippen LogP contribution in [-0.2, 0) is 13.2 Å². The van der Waals surface area contributed by atoms with Crippen molar-refractivity contribution in [1.82, 2.24) is 4.57 Å². The van der Waals surface area contributed by atoms with Gasteiger partial charge in [-0.05, 0) is 12.0 Å². The highest BCUT2D eigenvalue weighted by Gasteiger charge is 2.32. The fourth-order valence-electron chi connectivity index (χ4n) is 1.31. The number of nitrogens with zero attached hydrogens (tertiary/aromatic N) is 1. The van der Waals surface area contributed by atoms with Crippen molar-refractivity contribution >= 4 is 0 Å². The molecule has 0 saturated carbocycles. The minimum atomic E-state index is -4.41. The molecule has 0 bridgehead atoms. The molecule has 5 heteroatoms. The summed E-state index contributed by atoms with van der Waals surface area (Å²) >= 11 is 0. The fraction of sp³-hybridized carbons (Fsp3) is 0.583. The second kappa shape index (κ2) is 5.89. The summed E-state index contributed by atoms with van der Waals surface area (Å²) in [4.78, 5) is 11.5. The Kier molecular flexibility index (Phi) is 5.45. The van der Waals surface area contributed by atoms with Gasteiger partial charge in [0.2, 0.25) is 0 Å². The maximum Gasteiger partial charge on any atom is 0.417 e. The Morgan fingerprint density at radius 3 is 2.06 bits per heavy atom. The monoisotopic (exact) mass is 249 g/mol. The van der Waals surface area contributed by atoms with Gasteiger partial charge >= 0.3 is 6.18 Å². The Hall–Kier alpha value is -1.26. The first-order valence-corrected chi connectivity index (χ1v) is 5.51. The molecule has 0 spiro atoms. The van der Waals surface area contributed by atoms with E-state index in [1.165, 1.54) is 7.05 Å². The molecule has 1 aromatic rings. The Balaban J connectivity index is 0.00000121. The quantitative estimate of drug-likeness (QED) is 0.746. The third kappa shape index (κ3) is 3.91. The zero-order valence-electron chi connectivity index (χ0n) is 10.7. The van der Waals surface area contributed by atoms with Crippen molar-refractivity contribution in [3.8, 4) is 0 Å². The van der Waals surface area contributed by atoms with E-state index in [-0.39, 0.29) is 17.0 Å². The van der Waals surface area contributed by atoms with Gasteiger partial charge in [0.25, 0.3) is 5.56 Å². The molecule has 17 heavy (non-hydrogen) atoms. The number of halogens is 3. The van der Waals surface area contributed by atoms with E-state index in [1.54, 1.807) is 13.8 Å². The van der Waals surface area contributed by atoms with Gasteiger partial charge in [0.1, 0.15) is 0 Å². The summed E-state index contributed by atoms with van der Waals surface area (Å²) in [6.45, 7) is 7.38. The number of aromatic nitrogens is 1. The molecule has 0 radical (unpaired) electrons. The van der Waals surface area contributed by atoms with Crippen molar-refractivity contribution in [2.75, 3.05) is 0 Å². The smallest absolute Gasteiger partial charge is 0.318 e. The minimum absolute atomic E-state index is 0.187. The van der Waals surface area contributed by atoms with Gasteiger partial charge in [-0.15, -0.1) is 0 Å². The first kappa shape index (κ1) is 15.7. The molecular weight excluding hydrogens is 231 g/mol. The van der Waals surface area contributed by atoms with E-state index in [0.717, 1.165) is 16.8 Å². The number of rotatable bonds is 1. The van der Waals surface area contributed by atoms with Crippen molar-refractivity contribution in [2.24, 2.45) is 7.05 Å². The first-order valence-electron chi connectivity index (χ1n) is 5.51. The third-order valence-corrected chi connectivity index (χ3v) is 2.16. The standard InChI is InChI=1S/C10H12F3NO.C2H6/c1-6(2)8-4-7(10(11,12)13)5-14(3)9(8)15;1-2/h4-6H,1-3H3;1-2H3. The summed E-state index contributed by atoms with van der Waals surface area (Å²) < 4.78 is 38.3. The third-order valence-electron chi connectivity index (χ3n) is 2.16. The lowest BCUT2D eigenvalue weighted by Crippen LogP contribution is -2.24. The van der Waals surface area contributed by atoms with E-state index >= 15 is 0 Å². The van der Waals surface area contributed by atoms with E-state index in [1.807, 2.05) is 13.8 Å². The number of hydrogen-bond acceptors (Lipinski definition) is 1. The van der Waals surface area contributed by atoms with Gasteiger partial charge in [-0.1, -0.05) is 27.7 Å². The van der Waals surface area contributed by atoms with Crippen LogP contribution in [0.3, 0.4) is 0 Å². The Morgan fingerprint density at radius 2 is 1.71 bits per heavy atom. The van der Waals surface area contributed by atoms with Crippen LogP contribution < -0.4 is 5.56 Å². The number of hydrogen-bond donors (Lipinski definition) is 0. The van der Waals surface area contributed by atoms with Crippen molar-refractivity contribution in [3.05, 3.63) is 33.7 Å². The fourth-order valence-corrected chi connectivity index (χ4v) is 1.31. The number of alkyl halides is 3. The Labute approximate surface area is 99.1 Å². The summed E-state index contributed by atoms with van der Waals surface area (Å²) in [5.74, 6) is -0.217. The largest absolute Gasteiger partial charge is 0.417 e. The first-order chi connectivity index (χ1) is 7.73. The van der Waals surface area contributed by atoms with Gasteiger partial charge in [0.05, 0.1) is 5.56 Å². The summed E-state index contributed by atoms with van der Waals surface area (Å²) in [5.41, 5.74) is -0.973. The molecule has 0 aliphatic carbocycles. The van der Waals surface area contributed by atoms with Crippen LogP contribution in [0.15, 0.2) is 17.1 Å². The lowest BCUT2D eigenvalue weighted by Gasteiger charge is -2.12. The highest BCUT2D eigenvalue weighted by atomic mass is 19.4. The summed E-state index contributed by atoms with van der Waals surface area (Å²) in [6, 6.07) is 0.924. The molecule has 0 atom stereocenters. The highest BCUT2D eigenvalue weighted by Crippen LogP contribution is 2.29. The van der Waals surface area contributed by atoms with Crippen LogP contribution in [0.25, 0.3) is 0 Å². The SMILES string of the molecule is CC.CC(C)c1cc(C(F)(F)F)cn(C)c1=O. The highest BCUT2D eigenvalue weighted by molar-refractivity contribution is 5.23. The molecule has 1 heterocycles. The summed E-state index contributed by atoms with van der Waals surface area (Å²) in [6.07, 6.45) is -3.59. The number of aryl methyl sites for hydroxylation is 1. The second-order valence-electron chi connectivity index (χ2n) is 3.75. The van der Waals surface area contributed by atoms with Gasteiger partial charge in [-0.3, -0.25) is 4.79 Å². The van der Waals surface area contributed by atoms with Crippen LogP contribution in [0, 0.1) is 0 Å². The number of pyridine rings is 1. The maximum absolute atomic E-state index is 12.4. The molecule has 1 aromatic heterocycles. The molecule has 0 amide bonds.